The van der Waals surface area contributed by atoms with E-state index in [9.17, 15) is 4.79 Å². The number of pyridine rings is 1. The third kappa shape index (κ3) is 3.49. The Morgan fingerprint density at radius 2 is 2.26 bits per heavy atom. The number of rotatable bonds is 5. The first-order chi connectivity index (χ1) is 9.22. The molecule has 0 aliphatic rings. The SMILES string of the molecule is CNCC(=O)Nc1nc(-c2ccc(OC)cn2)cs1. The van der Waals surface area contributed by atoms with E-state index in [0.29, 0.717) is 10.9 Å². The number of hydrogen-bond acceptors (Lipinski definition) is 6. The van der Waals surface area contributed by atoms with Crippen LogP contribution in [0.1, 0.15) is 0 Å². The van der Waals surface area contributed by atoms with Gasteiger partial charge in [-0.3, -0.25) is 9.78 Å². The number of anilines is 1. The van der Waals surface area contributed by atoms with Crippen LogP contribution in [0.4, 0.5) is 5.13 Å². The Kier molecular flexibility index (Phi) is 4.43. The molecule has 19 heavy (non-hydrogen) atoms. The molecule has 2 N–H and O–H groups in total. The first kappa shape index (κ1) is 13.4. The molecule has 0 saturated heterocycles. The van der Waals surface area contributed by atoms with E-state index in [1.165, 1.54) is 11.3 Å². The predicted octanol–water partition coefficient (Wildman–Crippen LogP) is 1.37. The maximum Gasteiger partial charge on any atom is 0.240 e. The average Bonchev–Trinajstić information content (AvgIpc) is 2.87. The largest absolute Gasteiger partial charge is 0.495 e. The highest BCUT2D eigenvalue weighted by Crippen LogP contribution is 2.24. The second-order valence-corrected chi connectivity index (χ2v) is 4.56. The van der Waals surface area contributed by atoms with Crippen molar-refractivity contribution in [2.24, 2.45) is 0 Å². The van der Waals surface area contributed by atoms with Gasteiger partial charge in [0.05, 0.1) is 25.5 Å². The Labute approximate surface area is 114 Å². The summed E-state index contributed by atoms with van der Waals surface area (Å²) in [6, 6.07) is 3.65. The van der Waals surface area contributed by atoms with Gasteiger partial charge in [-0.1, -0.05) is 0 Å². The molecular formula is C12H14N4O2S. The fourth-order valence-electron chi connectivity index (χ4n) is 1.43. The van der Waals surface area contributed by atoms with E-state index >= 15 is 0 Å². The Morgan fingerprint density at radius 1 is 1.42 bits per heavy atom. The van der Waals surface area contributed by atoms with Crippen molar-refractivity contribution in [1.29, 1.82) is 0 Å². The molecule has 2 rings (SSSR count). The lowest BCUT2D eigenvalue weighted by Gasteiger charge is -2.00. The van der Waals surface area contributed by atoms with Gasteiger partial charge >= 0.3 is 0 Å². The zero-order valence-electron chi connectivity index (χ0n) is 10.6. The zero-order valence-corrected chi connectivity index (χ0v) is 11.5. The molecule has 0 spiro atoms. The maximum absolute atomic E-state index is 11.4. The monoisotopic (exact) mass is 278 g/mol. The summed E-state index contributed by atoms with van der Waals surface area (Å²) in [5, 5.41) is 7.90. The minimum atomic E-state index is -0.119. The highest BCUT2D eigenvalue weighted by Gasteiger charge is 2.08. The topological polar surface area (TPSA) is 76.1 Å². The van der Waals surface area contributed by atoms with Gasteiger partial charge in [0.2, 0.25) is 5.91 Å². The van der Waals surface area contributed by atoms with Gasteiger partial charge in [-0.15, -0.1) is 11.3 Å². The summed E-state index contributed by atoms with van der Waals surface area (Å²) < 4.78 is 5.05. The minimum absolute atomic E-state index is 0.119. The number of carbonyl (C=O) groups is 1. The molecule has 0 bridgehead atoms. The predicted molar refractivity (Wildman–Crippen MR) is 74.5 cm³/mol. The minimum Gasteiger partial charge on any atom is -0.495 e. The number of thiazole rings is 1. The van der Waals surface area contributed by atoms with E-state index in [4.69, 9.17) is 4.74 Å². The zero-order chi connectivity index (χ0) is 13.7. The van der Waals surface area contributed by atoms with Crippen molar-refractivity contribution < 1.29 is 9.53 Å². The van der Waals surface area contributed by atoms with E-state index in [-0.39, 0.29) is 12.5 Å². The Hall–Kier alpha value is -1.99. The van der Waals surface area contributed by atoms with Crippen molar-refractivity contribution in [2.75, 3.05) is 26.0 Å². The molecule has 7 heteroatoms. The fourth-order valence-corrected chi connectivity index (χ4v) is 2.15. The van der Waals surface area contributed by atoms with Crippen LogP contribution in [0.3, 0.4) is 0 Å². The molecule has 1 amide bonds. The molecule has 0 atom stereocenters. The van der Waals surface area contributed by atoms with Gasteiger partial charge in [-0.05, 0) is 19.2 Å². The number of amides is 1. The molecule has 2 aromatic heterocycles. The van der Waals surface area contributed by atoms with Crippen molar-refractivity contribution >= 4 is 22.4 Å². The van der Waals surface area contributed by atoms with Crippen LogP contribution in [0.5, 0.6) is 5.75 Å². The molecule has 0 radical (unpaired) electrons. The third-order valence-electron chi connectivity index (χ3n) is 2.32. The van der Waals surface area contributed by atoms with Crippen molar-refractivity contribution in [3.63, 3.8) is 0 Å². The number of ether oxygens (including phenoxy) is 1. The Bertz CT molecular complexity index is 553. The summed E-state index contributed by atoms with van der Waals surface area (Å²) in [6.07, 6.45) is 1.63. The van der Waals surface area contributed by atoms with Gasteiger partial charge in [0.15, 0.2) is 5.13 Å². The van der Waals surface area contributed by atoms with Gasteiger partial charge in [0.25, 0.3) is 0 Å². The van der Waals surface area contributed by atoms with Gasteiger partial charge in [0.1, 0.15) is 11.4 Å². The number of methoxy groups -OCH3 is 1. The van der Waals surface area contributed by atoms with Crippen LogP contribution in [-0.2, 0) is 4.79 Å². The van der Waals surface area contributed by atoms with Crippen LogP contribution in [-0.4, -0.2) is 36.6 Å². The summed E-state index contributed by atoms with van der Waals surface area (Å²) in [6.45, 7) is 0.260. The second-order valence-electron chi connectivity index (χ2n) is 3.70. The van der Waals surface area contributed by atoms with Gasteiger partial charge < -0.3 is 15.4 Å². The smallest absolute Gasteiger partial charge is 0.240 e. The molecule has 2 aromatic rings. The third-order valence-corrected chi connectivity index (χ3v) is 3.08. The van der Waals surface area contributed by atoms with Crippen LogP contribution in [0.15, 0.2) is 23.7 Å². The quantitative estimate of drug-likeness (QED) is 0.864. The molecular weight excluding hydrogens is 264 g/mol. The summed E-state index contributed by atoms with van der Waals surface area (Å²) in [4.78, 5) is 20.0. The lowest BCUT2D eigenvalue weighted by atomic mass is 10.3. The van der Waals surface area contributed by atoms with Crippen molar-refractivity contribution in [1.82, 2.24) is 15.3 Å². The molecule has 2 heterocycles. The highest BCUT2D eigenvalue weighted by atomic mass is 32.1. The number of hydrogen-bond donors (Lipinski definition) is 2. The normalized spacial score (nSPS) is 10.2. The standard InChI is InChI=1S/C12H14N4O2S/c1-13-6-11(17)16-12-15-10(7-19-12)9-4-3-8(18-2)5-14-9/h3-5,7,13H,6H2,1-2H3,(H,15,16,17). The maximum atomic E-state index is 11.4. The Morgan fingerprint density at radius 3 is 2.89 bits per heavy atom. The number of likely N-dealkylation sites (N-methyl/N-ethyl adjacent to an activating group) is 1. The summed E-state index contributed by atoms with van der Waals surface area (Å²) in [5.41, 5.74) is 1.47. The van der Waals surface area contributed by atoms with Crippen LogP contribution in [0, 0.1) is 0 Å². The number of aromatic nitrogens is 2. The van der Waals surface area contributed by atoms with Crippen LogP contribution in [0.2, 0.25) is 0 Å². The molecule has 0 saturated carbocycles. The van der Waals surface area contributed by atoms with E-state index < -0.39 is 0 Å². The lowest BCUT2D eigenvalue weighted by Crippen LogP contribution is -2.24. The number of nitrogens with zero attached hydrogens (tertiary/aromatic N) is 2. The van der Waals surface area contributed by atoms with E-state index in [1.807, 2.05) is 17.5 Å². The van der Waals surface area contributed by atoms with E-state index in [0.717, 1.165) is 11.4 Å². The second kappa shape index (κ2) is 6.26. The molecule has 0 fully saturated rings. The molecule has 0 aliphatic carbocycles. The molecule has 0 aliphatic heterocycles. The average molecular weight is 278 g/mol. The Balaban J connectivity index is 2.09. The molecule has 0 aromatic carbocycles. The first-order valence-electron chi connectivity index (χ1n) is 5.63. The lowest BCUT2D eigenvalue weighted by molar-refractivity contribution is -0.115. The van der Waals surface area contributed by atoms with Gasteiger partial charge in [0, 0.05) is 5.38 Å². The molecule has 6 nitrogen and oxygen atoms in total. The van der Waals surface area contributed by atoms with Crippen LogP contribution < -0.4 is 15.4 Å². The van der Waals surface area contributed by atoms with Gasteiger partial charge in [-0.2, -0.15) is 0 Å². The summed E-state index contributed by atoms with van der Waals surface area (Å²) in [5.74, 6) is 0.576. The number of nitrogens with one attached hydrogen (secondary N) is 2. The van der Waals surface area contributed by atoms with E-state index in [1.54, 1.807) is 20.4 Å². The molecule has 0 unspecified atom stereocenters. The number of carbonyl (C=O) groups excluding carboxylic acids is 1. The fraction of sp³-hybridized carbons (Fsp3) is 0.250. The van der Waals surface area contributed by atoms with Gasteiger partial charge in [-0.25, -0.2) is 4.98 Å². The highest BCUT2D eigenvalue weighted by molar-refractivity contribution is 7.14. The first-order valence-corrected chi connectivity index (χ1v) is 6.51. The van der Waals surface area contributed by atoms with Crippen molar-refractivity contribution in [3.8, 4) is 17.1 Å². The van der Waals surface area contributed by atoms with Crippen molar-refractivity contribution in [2.45, 2.75) is 0 Å². The summed E-state index contributed by atoms with van der Waals surface area (Å²) >= 11 is 1.37. The van der Waals surface area contributed by atoms with E-state index in [2.05, 4.69) is 20.6 Å². The molecule has 100 valence electrons. The van der Waals surface area contributed by atoms with Crippen LogP contribution in [0.25, 0.3) is 11.4 Å². The van der Waals surface area contributed by atoms with Crippen LogP contribution >= 0.6 is 11.3 Å². The summed E-state index contributed by atoms with van der Waals surface area (Å²) in [7, 11) is 3.31. The van der Waals surface area contributed by atoms with Crippen molar-refractivity contribution in [3.05, 3.63) is 23.7 Å².